The van der Waals surface area contributed by atoms with E-state index in [0.717, 1.165) is 5.56 Å². The molecule has 1 heterocycles. The van der Waals surface area contributed by atoms with E-state index in [0.29, 0.717) is 22.0 Å². The van der Waals surface area contributed by atoms with Gasteiger partial charge in [-0.2, -0.15) is 0 Å². The molecular formula is C20H17ClN3O4S-. The summed E-state index contributed by atoms with van der Waals surface area (Å²) in [6.07, 6.45) is 3.02. The number of carbonyl (C=O) groups is 1. The summed E-state index contributed by atoms with van der Waals surface area (Å²) in [6.45, 7) is 3.37. The Labute approximate surface area is 173 Å². The molecule has 0 fully saturated rings. The minimum absolute atomic E-state index is 0.0272. The van der Waals surface area contributed by atoms with E-state index in [2.05, 4.69) is 15.2 Å². The number of benzene rings is 2. The monoisotopic (exact) mass is 430 g/mol. The number of anilines is 1. The van der Waals surface area contributed by atoms with Crippen LogP contribution >= 0.6 is 11.6 Å². The quantitative estimate of drug-likeness (QED) is 0.554. The first-order valence-corrected chi connectivity index (χ1v) is 10.3. The molecule has 2 aromatic carbocycles. The third kappa shape index (κ3) is 5.24. The van der Waals surface area contributed by atoms with Crippen molar-refractivity contribution in [3.05, 3.63) is 81.2 Å². The van der Waals surface area contributed by atoms with E-state index in [-0.39, 0.29) is 16.7 Å². The summed E-state index contributed by atoms with van der Waals surface area (Å²) in [5.74, 6) is -0.403. The number of rotatable bonds is 6. The fraction of sp³-hybridized carbons (Fsp3) is 0.100. The fourth-order valence-corrected chi connectivity index (χ4v) is 3.39. The van der Waals surface area contributed by atoms with Gasteiger partial charge in [0.1, 0.15) is 10.0 Å². The molecule has 0 aliphatic carbocycles. The Balaban J connectivity index is 1.65. The maximum absolute atomic E-state index is 12.4. The van der Waals surface area contributed by atoms with Crippen molar-refractivity contribution < 1.29 is 17.7 Å². The molecule has 0 radical (unpaired) electrons. The SMILES string of the molecule is Cc1noc([N-]S(=O)(=O)c2ccc(NC(=O)C=Cc3ccc(Cl)cc3)cc2)c1C. The van der Waals surface area contributed by atoms with Crippen molar-refractivity contribution in [1.29, 1.82) is 0 Å². The van der Waals surface area contributed by atoms with Crippen molar-refractivity contribution >= 4 is 45.2 Å². The van der Waals surface area contributed by atoms with Gasteiger partial charge in [-0.3, -0.25) is 4.79 Å². The summed E-state index contributed by atoms with van der Waals surface area (Å²) in [5, 5.41) is 6.96. The van der Waals surface area contributed by atoms with Crippen LogP contribution in [0.3, 0.4) is 0 Å². The summed E-state index contributed by atoms with van der Waals surface area (Å²) in [6, 6.07) is 12.7. The number of aryl methyl sites for hydroxylation is 1. The molecule has 0 aliphatic rings. The molecule has 0 unspecified atom stereocenters. The predicted molar refractivity (Wildman–Crippen MR) is 112 cm³/mol. The summed E-state index contributed by atoms with van der Waals surface area (Å²) >= 11 is 5.82. The van der Waals surface area contributed by atoms with E-state index in [1.807, 2.05) is 0 Å². The van der Waals surface area contributed by atoms with Gasteiger partial charge in [0.25, 0.3) is 0 Å². The first-order valence-electron chi connectivity index (χ1n) is 8.50. The van der Waals surface area contributed by atoms with Gasteiger partial charge in [-0.15, -0.1) is 0 Å². The van der Waals surface area contributed by atoms with Gasteiger partial charge in [0, 0.05) is 16.8 Å². The van der Waals surface area contributed by atoms with Crippen LogP contribution in [0.25, 0.3) is 10.8 Å². The van der Waals surface area contributed by atoms with Crippen LogP contribution in [-0.4, -0.2) is 19.5 Å². The van der Waals surface area contributed by atoms with Gasteiger partial charge in [0.05, 0.1) is 16.5 Å². The zero-order valence-electron chi connectivity index (χ0n) is 15.6. The zero-order valence-corrected chi connectivity index (χ0v) is 17.2. The lowest BCUT2D eigenvalue weighted by Crippen LogP contribution is -2.08. The second-order valence-corrected chi connectivity index (χ2v) is 8.20. The number of hydrogen-bond donors (Lipinski definition) is 1. The summed E-state index contributed by atoms with van der Waals surface area (Å²) in [7, 11) is -3.96. The maximum atomic E-state index is 12.4. The molecule has 1 N–H and O–H groups in total. The van der Waals surface area contributed by atoms with Gasteiger partial charge in [0.15, 0.2) is 0 Å². The number of aromatic nitrogens is 1. The molecule has 0 spiro atoms. The highest BCUT2D eigenvalue weighted by atomic mass is 35.5. The van der Waals surface area contributed by atoms with Crippen molar-refractivity contribution in [2.24, 2.45) is 0 Å². The highest BCUT2D eigenvalue weighted by Gasteiger charge is 2.09. The lowest BCUT2D eigenvalue weighted by Gasteiger charge is -2.19. The third-order valence-corrected chi connectivity index (χ3v) is 5.58. The molecule has 3 aromatic rings. The molecule has 1 aromatic heterocycles. The number of nitrogens with zero attached hydrogens (tertiary/aromatic N) is 2. The zero-order chi connectivity index (χ0) is 21.0. The Morgan fingerprint density at radius 3 is 2.34 bits per heavy atom. The predicted octanol–water partition coefficient (Wildman–Crippen LogP) is 4.99. The fourth-order valence-electron chi connectivity index (χ4n) is 2.29. The summed E-state index contributed by atoms with van der Waals surface area (Å²) in [5.41, 5.74) is 2.40. The molecule has 0 bridgehead atoms. The number of nitrogens with one attached hydrogen (secondary N) is 1. The van der Waals surface area contributed by atoms with Gasteiger partial charge < -0.3 is 14.6 Å². The second-order valence-electron chi connectivity index (χ2n) is 6.16. The smallest absolute Gasteiger partial charge is 0.248 e. The molecule has 29 heavy (non-hydrogen) atoms. The van der Waals surface area contributed by atoms with Gasteiger partial charge in [-0.05, 0) is 67.4 Å². The minimum Gasteiger partial charge on any atom is -0.539 e. The average molecular weight is 431 g/mol. The molecule has 0 saturated carbocycles. The van der Waals surface area contributed by atoms with Crippen LogP contribution in [0.2, 0.25) is 5.02 Å². The Morgan fingerprint density at radius 2 is 1.76 bits per heavy atom. The van der Waals surface area contributed by atoms with E-state index in [1.165, 1.54) is 30.3 Å². The normalized spacial score (nSPS) is 11.6. The number of halogens is 1. The Morgan fingerprint density at radius 1 is 1.10 bits per heavy atom. The number of sulfonamides is 1. The average Bonchev–Trinajstić information content (AvgIpc) is 2.99. The molecule has 0 saturated heterocycles. The highest BCUT2D eigenvalue weighted by Crippen LogP contribution is 2.32. The van der Waals surface area contributed by atoms with Crippen molar-refractivity contribution in [2.45, 2.75) is 18.7 Å². The number of hydrogen-bond acceptors (Lipinski definition) is 5. The largest absolute Gasteiger partial charge is 0.539 e. The Kier molecular flexibility index (Phi) is 6.05. The van der Waals surface area contributed by atoms with E-state index in [1.54, 1.807) is 44.2 Å². The molecule has 7 nitrogen and oxygen atoms in total. The van der Waals surface area contributed by atoms with Gasteiger partial charge in [-0.25, -0.2) is 8.42 Å². The number of amides is 1. The lowest BCUT2D eigenvalue weighted by molar-refractivity contribution is -0.111. The molecule has 0 atom stereocenters. The minimum atomic E-state index is -3.96. The van der Waals surface area contributed by atoms with E-state index in [9.17, 15) is 13.2 Å². The van der Waals surface area contributed by atoms with Crippen LogP contribution in [0.5, 0.6) is 0 Å². The first-order chi connectivity index (χ1) is 13.7. The number of carbonyl (C=O) groups excluding carboxylic acids is 1. The topological polar surface area (TPSA) is 103 Å². The van der Waals surface area contributed by atoms with Crippen molar-refractivity contribution in [3.8, 4) is 0 Å². The third-order valence-electron chi connectivity index (χ3n) is 4.05. The van der Waals surface area contributed by atoms with Crippen LogP contribution in [0.15, 0.2) is 64.0 Å². The Bertz CT molecular complexity index is 1150. The summed E-state index contributed by atoms with van der Waals surface area (Å²) in [4.78, 5) is 12.0. The van der Waals surface area contributed by atoms with Crippen LogP contribution in [0.4, 0.5) is 11.6 Å². The van der Waals surface area contributed by atoms with E-state index in [4.69, 9.17) is 16.1 Å². The molecule has 1 amide bonds. The maximum Gasteiger partial charge on any atom is 0.248 e. The lowest BCUT2D eigenvalue weighted by atomic mass is 10.2. The Hall–Kier alpha value is -3.10. The van der Waals surface area contributed by atoms with Crippen LogP contribution in [0, 0.1) is 13.8 Å². The van der Waals surface area contributed by atoms with Gasteiger partial charge in [0.2, 0.25) is 5.91 Å². The molecule has 3 rings (SSSR count). The second kappa shape index (κ2) is 8.50. The van der Waals surface area contributed by atoms with Crippen LogP contribution in [0.1, 0.15) is 16.8 Å². The van der Waals surface area contributed by atoms with Gasteiger partial charge in [-0.1, -0.05) is 28.9 Å². The molecular weight excluding hydrogens is 414 g/mol. The van der Waals surface area contributed by atoms with E-state index >= 15 is 0 Å². The van der Waals surface area contributed by atoms with Crippen molar-refractivity contribution in [2.75, 3.05) is 5.32 Å². The van der Waals surface area contributed by atoms with Crippen molar-refractivity contribution in [3.63, 3.8) is 0 Å². The standard InChI is InChI=1S/C20H18ClN3O4S/c1-13-14(2)23-28-20(13)24-29(26,27)18-10-8-17(9-11-18)22-19(25)12-5-15-3-6-16(21)7-4-15/h3-12H,1-2H3,(H2,22,23,24,25)/p-1. The van der Waals surface area contributed by atoms with E-state index < -0.39 is 10.0 Å². The molecule has 0 aliphatic heterocycles. The van der Waals surface area contributed by atoms with Crippen LogP contribution in [-0.2, 0) is 14.8 Å². The van der Waals surface area contributed by atoms with Crippen LogP contribution < -0.4 is 5.32 Å². The highest BCUT2D eigenvalue weighted by molar-refractivity contribution is 7.94. The molecule has 150 valence electrons. The van der Waals surface area contributed by atoms with Gasteiger partial charge >= 0.3 is 0 Å². The molecule has 9 heteroatoms. The van der Waals surface area contributed by atoms with Crippen molar-refractivity contribution in [1.82, 2.24) is 5.16 Å². The first kappa shape index (κ1) is 20.6. The summed E-state index contributed by atoms with van der Waals surface area (Å²) < 4.78 is 33.4.